The van der Waals surface area contributed by atoms with E-state index in [9.17, 15) is 14.7 Å². The monoisotopic (exact) mass is 584 g/mol. The molecule has 1 saturated heterocycles. The summed E-state index contributed by atoms with van der Waals surface area (Å²) in [6, 6.07) is 8.64. The molecule has 8 nitrogen and oxygen atoms in total. The van der Waals surface area contributed by atoms with Crippen LogP contribution in [0.15, 0.2) is 36.7 Å². The Morgan fingerprint density at radius 3 is 2.76 bits per heavy atom. The minimum absolute atomic E-state index is 0.0192. The molecule has 9 heteroatoms. The van der Waals surface area contributed by atoms with Crippen LogP contribution in [-0.4, -0.2) is 66.8 Å². The number of aromatic nitrogens is 1. The number of nitrogens with one attached hydrogen (secondary N) is 2. The van der Waals surface area contributed by atoms with Gasteiger partial charge in [-0.1, -0.05) is 49.7 Å². The van der Waals surface area contributed by atoms with Crippen LogP contribution in [0.4, 0.5) is 4.79 Å². The summed E-state index contributed by atoms with van der Waals surface area (Å²) in [6.45, 7) is 5.82. The molecule has 2 aliphatic rings. The van der Waals surface area contributed by atoms with Crippen LogP contribution in [0.3, 0.4) is 0 Å². The number of halogens is 1. The number of pyridine rings is 1. The molecule has 41 heavy (non-hydrogen) atoms. The Labute approximate surface area is 249 Å². The second-order valence-electron chi connectivity index (χ2n) is 11.9. The number of aliphatic hydroxyl groups is 1. The third-order valence-electron chi connectivity index (χ3n) is 9.00. The number of methoxy groups -OCH3 is 1. The summed E-state index contributed by atoms with van der Waals surface area (Å²) in [7, 11) is 3.29. The van der Waals surface area contributed by atoms with Gasteiger partial charge in [-0.2, -0.15) is 0 Å². The lowest BCUT2D eigenvalue weighted by Crippen LogP contribution is -2.50. The van der Waals surface area contributed by atoms with Gasteiger partial charge in [0.05, 0.1) is 17.7 Å². The summed E-state index contributed by atoms with van der Waals surface area (Å²) in [4.78, 5) is 31.7. The van der Waals surface area contributed by atoms with Gasteiger partial charge in [0, 0.05) is 61.0 Å². The van der Waals surface area contributed by atoms with Gasteiger partial charge in [0.25, 0.3) is 0 Å². The highest BCUT2D eigenvalue weighted by atomic mass is 35.5. The minimum Gasteiger partial charge on any atom is -0.453 e. The topological polar surface area (TPSA) is 104 Å². The van der Waals surface area contributed by atoms with Crippen molar-refractivity contribution in [3.63, 3.8) is 0 Å². The number of carbonyl (C=O) groups excluding carboxylic acids is 2. The van der Waals surface area contributed by atoms with E-state index in [1.165, 1.54) is 12.7 Å². The summed E-state index contributed by atoms with van der Waals surface area (Å²) < 4.78 is 4.72. The number of piperidine rings is 1. The van der Waals surface area contributed by atoms with Crippen molar-refractivity contribution in [3.05, 3.63) is 52.8 Å². The molecule has 4 rings (SSSR count). The average molecular weight is 585 g/mol. The van der Waals surface area contributed by atoms with E-state index in [2.05, 4.69) is 41.6 Å². The molecular weight excluding hydrogens is 540 g/mol. The van der Waals surface area contributed by atoms with Crippen molar-refractivity contribution in [2.24, 2.45) is 11.8 Å². The lowest BCUT2D eigenvalue weighted by molar-refractivity contribution is -0.140. The van der Waals surface area contributed by atoms with Crippen LogP contribution >= 0.6 is 11.6 Å². The van der Waals surface area contributed by atoms with Crippen molar-refractivity contribution in [2.45, 2.75) is 76.4 Å². The standard InChI is InChI=1S/C32H45ClN4O4/c1-21(2)22-8-5-9-23(16-22)29-27(18-35-19-28(29)33)32(40,13-7-14-36-31(39)41-4)25-10-6-15-37(20-25)30(38)24-11-12-26(17-24)34-3/h5,8-9,16,18-19,21,24-26,34,40H,6-7,10-15,17,20H2,1-4H3,(H,36,39)/t24-,25?,26-,32+/m1/s1. The van der Waals surface area contributed by atoms with Gasteiger partial charge in [-0.05, 0) is 69.0 Å². The van der Waals surface area contributed by atoms with Crippen molar-refractivity contribution in [1.29, 1.82) is 0 Å². The molecular formula is C32H45ClN4O4. The minimum atomic E-state index is -1.32. The van der Waals surface area contributed by atoms with E-state index in [4.69, 9.17) is 16.3 Å². The van der Waals surface area contributed by atoms with Gasteiger partial charge >= 0.3 is 6.09 Å². The molecule has 2 aromatic rings. The number of hydrogen-bond acceptors (Lipinski definition) is 6. The van der Waals surface area contributed by atoms with Crippen molar-refractivity contribution in [2.75, 3.05) is 33.8 Å². The fourth-order valence-electron chi connectivity index (χ4n) is 6.58. The quantitative estimate of drug-likeness (QED) is 0.320. The van der Waals surface area contributed by atoms with Crippen LogP contribution < -0.4 is 10.6 Å². The number of rotatable bonds is 10. The summed E-state index contributed by atoms with van der Waals surface area (Å²) in [6.07, 6.45) is 8.07. The summed E-state index contributed by atoms with van der Waals surface area (Å²) in [5, 5.41) is 19.2. The first-order chi connectivity index (χ1) is 19.7. The van der Waals surface area contributed by atoms with Crippen molar-refractivity contribution in [1.82, 2.24) is 20.5 Å². The Kier molecular flexibility index (Phi) is 10.7. The normalized spacial score (nSPS) is 22.4. The van der Waals surface area contributed by atoms with E-state index in [1.807, 2.05) is 24.1 Å². The Balaban J connectivity index is 1.69. The fraction of sp³-hybridized carbons (Fsp3) is 0.594. The van der Waals surface area contributed by atoms with Gasteiger partial charge in [0.1, 0.15) is 0 Å². The third kappa shape index (κ3) is 7.22. The lowest BCUT2D eigenvalue weighted by atomic mass is 9.72. The van der Waals surface area contributed by atoms with Crippen LogP contribution in [0, 0.1) is 11.8 Å². The molecule has 2 fully saturated rings. The zero-order chi connectivity index (χ0) is 29.6. The summed E-state index contributed by atoms with van der Waals surface area (Å²) in [5.41, 5.74) is 2.22. The first kappa shape index (κ1) is 31.3. The molecule has 1 saturated carbocycles. The Bertz CT molecular complexity index is 1210. The highest BCUT2D eigenvalue weighted by molar-refractivity contribution is 6.33. The molecule has 0 bridgehead atoms. The van der Waals surface area contributed by atoms with Gasteiger partial charge in [0.15, 0.2) is 0 Å². The van der Waals surface area contributed by atoms with Crippen LogP contribution in [0.5, 0.6) is 0 Å². The lowest BCUT2D eigenvalue weighted by Gasteiger charge is -2.44. The molecule has 3 N–H and O–H groups in total. The predicted octanol–water partition coefficient (Wildman–Crippen LogP) is 5.48. The van der Waals surface area contributed by atoms with Crippen molar-refractivity contribution < 1.29 is 19.4 Å². The fourth-order valence-corrected chi connectivity index (χ4v) is 6.85. The van der Waals surface area contributed by atoms with Crippen LogP contribution in [0.2, 0.25) is 5.02 Å². The molecule has 1 aliphatic heterocycles. The molecule has 2 amide bonds. The molecule has 4 atom stereocenters. The molecule has 1 aliphatic carbocycles. The first-order valence-corrected chi connectivity index (χ1v) is 15.3. The van der Waals surface area contributed by atoms with E-state index in [0.29, 0.717) is 55.0 Å². The Morgan fingerprint density at radius 2 is 2.05 bits per heavy atom. The van der Waals surface area contributed by atoms with Crippen molar-refractivity contribution >= 4 is 23.6 Å². The zero-order valence-corrected chi connectivity index (χ0v) is 25.5. The maximum Gasteiger partial charge on any atom is 0.406 e. The molecule has 0 spiro atoms. The van der Waals surface area contributed by atoms with E-state index >= 15 is 0 Å². The van der Waals surface area contributed by atoms with Gasteiger partial charge in [-0.25, -0.2) is 4.79 Å². The molecule has 2 heterocycles. The number of alkyl carbamates (subject to hydrolysis) is 1. The van der Waals surface area contributed by atoms with Crippen molar-refractivity contribution in [3.8, 4) is 11.1 Å². The second kappa shape index (κ2) is 14.0. The molecule has 1 unspecified atom stereocenters. The Hall–Kier alpha value is -2.68. The molecule has 1 aromatic heterocycles. The van der Waals surface area contributed by atoms with E-state index in [-0.39, 0.29) is 17.7 Å². The maximum atomic E-state index is 13.6. The smallest absolute Gasteiger partial charge is 0.406 e. The predicted molar refractivity (Wildman–Crippen MR) is 162 cm³/mol. The van der Waals surface area contributed by atoms with Gasteiger partial charge in [-0.15, -0.1) is 0 Å². The number of benzene rings is 1. The Morgan fingerprint density at radius 1 is 1.24 bits per heavy atom. The summed E-state index contributed by atoms with van der Waals surface area (Å²) in [5.74, 6) is 0.326. The number of carbonyl (C=O) groups is 2. The molecule has 224 valence electrons. The number of hydrogen-bond donors (Lipinski definition) is 3. The van der Waals surface area contributed by atoms with E-state index < -0.39 is 11.7 Å². The zero-order valence-electron chi connectivity index (χ0n) is 24.8. The average Bonchev–Trinajstić information content (AvgIpc) is 3.48. The van der Waals surface area contributed by atoms with Gasteiger partial charge in [0.2, 0.25) is 5.91 Å². The first-order valence-electron chi connectivity index (χ1n) is 14.9. The van der Waals surface area contributed by atoms with Crippen LogP contribution in [-0.2, 0) is 15.1 Å². The second-order valence-corrected chi connectivity index (χ2v) is 12.3. The number of likely N-dealkylation sites (tertiary alicyclic amines) is 1. The van der Waals surface area contributed by atoms with E-state index in [1.54, 1.807) is 12.4 Å². The van der Waals surface area contributed by atoms with Crippen LogP contribution in [0.25, 0.3) is 11.1 Å². The van der Waals surface area contributed by atoms with E-state index in [0.717, 1.165) is 43.2 Å². The SMILES string of the molecule is CN[C@@H]1CC[C@@H](C(=O)N2CCCC([C@@](O)(CCCNC(=O)OC)c3cncc(Cl)c3-c3cccc(C(C)C)c3)C2)C1. The summed E-state index contributed by atoms with van der Waals surface area (Å²) >= 11 is 6.84. The highest BCUT2D eigenvalue weighted by Gasteiger charge is 2.44. The van der Waals surface area contributed by atoms with Crippen LogP contribution in [0.1, 0.15) is 75.8 Å². The number of amides is 2. The number of nitrogens with zero attached hydrogens (tertiary/aromatic N) is 2. The molecule has 1 aromatic carbocycles. The highest BCUT2D eigenvalue weighted by Crippen LogP contribution is 2.45. The third-order valence-corrected chi connectivity index (χ3v) is 9.28. The van der Waals surface area contributed by atoms with Gasteiger partial charge in [-0.3, -0.25) is 9.78 Å². The maximum absolute atomic E-state index is 13.6. The number of ether oxygens (including phenoxy) is 1. The van der Waals surface area contributed by atoms with Gasteiger partial charge < -0.3 is 25.4 Å². The largest absolute Gasteiger partial charge is 0.453 e. The molecule has 0 radical (unpaired) electrons.